The number of benzene rings is 1. The molecular weight excluding hydrogens is 210 g/mol. The largest absolute Gasteiger partial charge is 0.368 e. The number of nitrogens with zero attached hydrogens (tertiary/aromatic N) is 1. The predicted molar refractivity (Wildman–Crippen MR) is 60.7 cm³/mol. The van der Waals surface area contributed by atoms with Crippen molar-refractivity contribution in [1.29, 1.82) is 0 Å². The van der Waals surface area contributed by atoms with E-state index in [1.807, 2.05) is 4.90 Å². The zero-order chi connectivity index (χ0) is 11.5. The molecule has 1 aliphatic heterocycles. The lowest BCUT2D eigenvalue weighted by atomic mass is 10.2. The molecule has 4 heteroatoms. The Hall–Kier alpha value is -1.16. The summed E-state index contributed by atoms with van der Waals surface area (Å²) in [5, 5.41) is 3.34. The molecular formula is C12H16F2N2. The molecule has 1 fully saturated rings. The fourth-order valence-electron chi connectivity index (χ4n) is 1.99. The number of rotatable bonds is 1. The van der Waals surface area contributed by atoms with Gasteiger partial charge in [0, 0.05) is 31.7 Å². The van der Waals surface area contributed by atoms with Crippen LogP contribution >= 0.6 is 0 Å². The minimum Gasteiger partial charge on any atom is -0.368 e. The maximum atomic E-state index is 13.6. The minimum atomic E-state index is -0.525. The van der Waals surface area contributed by atoms with Gasteiger partial charge in [-0.05, 0) is 25.5 Å². The first-order valence-electron chi connectivity index (χ1n) is 5.60. The van der Waals surface area contributed by atoms with Crippen molar-refractivity contribution in [1.82, 2.24) is 5.32 Å². The zero-order valence-electron chi connectivity index (χ0n) is 9.34. The van der Waals surface area contributed by atoms with Crippen molar-refractivity contribution in [2.75, 3.05) is 24.5 Å². The van der Waals surface area contributed by atoms with Crippen LogP contribution in [0.2, 0.25) is 0 Å². The molecule has 0 aliphatic carbocycles. The Morgan fingerprint density at radius 2 is 2.12 bits per heavy atom. The SMILES string of the molecule is C[C@H]1CCN(c2ccc(F)cc2F)CCN1. The summed E-state index contributed by atoms with van der Waals surface area (Å²) >= 11 is 0. The van der Waals surface area contributed by atoms with Crippen molar-refractivity contribution in [2.24, 2.45) is 0 Å². The fourth-order valence-corrected chi connectivity index (χ4v) is 1.99. The molecule has 88 valence electrons. The van der Waals surface area contributed by atoms with Crippen LogP contribution in [0.3, 0.4) is 0 Å². The number of nitrogens with one attached hydrogen (secondary N) is 1. The quantitative estimate of drug-likeness (QED) is 0.789. The third-order valence-corrected chi connectivity index (χ3v) is 2.96. The molecule has 0 aromatic heterocycles. The van der Waals surface area contributed by atoms with Gasteiger partial charge in [-0.1, -0.05) is 0 Å². The van der Waals surface area contributed by atoms with Crippen LogP contribution < -0.4 is 10.2 Å². The third-order valence-electron chi connectivity index (χ3n) is 2.96. The summed E-state index contributed by atoms with van der Waals surface area (Å²) in [6.45, 7) is 4.51. The van der Waals surface area contributed by atoms with E-state index >= 15 is 0 Å². The third kappa shape index (κ3) is 2.50. The maximum absolute atomic E-state index is 13.6. The van der Waals surface area contributed by atoms with Crippen molar-refractivity contribution < 1.29 is 8.78 Å². The maximum Gasteiger partial charge on any atom is 0.149 e. The molecule has 0 saturated carbocycles. The summed E-state index contributed by atoms with van der Waals surface area (Å²) in [5.74, 6) is -1.00. The van der Waals surface area contributed by atoms with Crippen molar-refractivity contribution in [3.8, 4) is 0 Å². The monoisotopic (exact) mass is 226 g/mol. The van der Waals surface area contributed by atoms with E-state index in [2.05, 4.69) is 12.2 Å². The second-order valence-corrected chi connectivity index (χ2v) is 4.23. The highest BCUT2D eigenvalue weighted by Gasteiger charge is 2.16. The first-order valence-corrected chi connectivity index (χ1v) is 5.60. The zero-order valence-corrected chi connectivity index (χ0v) is 9.34. The van der Waals surface area contributed by atoms with E-state index in [1.165, 1.54) is 12.1 Å². The van der Waals surface area contributed by atoms with Gasteiger partial charge in [0.1, 0.15) is 11.6 Å². The van der Waals surface area contributed by atoms with E-state index in [4.69, 9.17) is 0 Å². The van der Waals surface area contributed by atoms with E-state index in [9.17, 15) is 8.78 Å². The molecule has 1 saturated heterocycles. The predicted octanol–water partition coefficient (Wildman–Crippen LogP) is 2.15. The van der Waals surface area contributed by atoms with Crippen molar-refractivity contribution in [3.63, 3.8) is 0 Å². The highest BCUT2D eigenvalue weighted by molar-refractivity contribution is 5.48. The summed E-state index contributed by atoms with van der Waals surface area (Å²) in [4.78, 5) is 1.96. The van der Waals surface area contributed by atoms with Crippen LogP contribution in [0, 0.1) is 11.6 Å². The van der Waals surface area contributed by atoms with Crippen molar-refractivity contribution >= 4 is 5.69 Å². The molecule has 0 amide bonds. The van der Waals surface area contributed by atoms with Gasteiger partial charge in [0.2, 0.25) is 0 Å². The van der Waals surface area contributed by atoms with Gasteiger partial charge in [0.05, 0.1) is 5.69 Å². The second kappa shape index (κ2) is 4.78. The highest BCUT2D eigenvalue weighted by Crippen LogP contribution is 2.21. The van der Waals surface area contributed by atoms with Gasteiger partial charge < -0.3 is 10.2 Å². The number of anilines is 1. The number of halogens is 2. The Morgan fingerprint density at radius 3 is 2.88 bits per heavy atom. The van der Waals surface area contributed by atoms with Gasteiger partial charge in [0.25, 0.3) is 0 Å². The smallest absolute Gasteiger partial charge is 0.149 e. The lowest BCUT2D eigenvalue weighted by Crippen LogP contribution is -2.29. The fraction of sp³-hybridized carbons (Fsp3) is 0.500. The first kappa shape index (κ1) is 11.3. The summed E-state index contributed by atoms with van der Waals surface area (Å²) in [6.07, 6.45) is 0.969. The van der Waals surface area contributed by atoms with Gasteiger partial charge in [0.15, 0.2) is 0 Å². The Kier molecular flexibility index (Phi) is 3.39. The summed E-state index contributed by atoms with van der Waals surface area (Å²) in [6, 6.07) is 4.21. The molecule has 1 aromatic carbocycles. The standard InChI is InChI=1S/C12H16F2N2/c1-9-4-6-16(7-5-15-9)12-3-2-10(13)8-11(12)14/h2-3,8-9,15H,4-7H2,1H3/t9-/m0/s1. The van der Waals surface area contributed by atoms with Gasteiger partial charge in [-0.25, -0.2) is 8.78 Å². The highest BCUT2D eigenvalue weighted by atomic mass is 19.1. The molecule has 2 rings (SSSR count). The molecule has 1 aromatic rings. The molecule has 1 aliphatic rings. The summed E-state index contributed by atoms with van der Waals surface area (Å²) in [5.41, 5.74) is 0.498. The Bertz CT molecular complexity index is 368. The van der Waals surface area contributed by atoms with Crippen LogP contribution in [0.4, 0.5) is 14.5 Å². The average Bonchev–Trinajstić information content (AvgIpc) is 2.43. The van der Waals surface area contributed by atoms with E-state index < -0.39 is 11.6 Å². The normalized spacial score (nSPS) is 21.9. The Labute approximate surface area is 94.3 Å². The van der Waals surface area contributed by atoms with Crippen LogP contribution in [0.15, 0.2) is 18.2 Å². The molecule has 0 spiro atoms. The van der Waals surface area contributed by atoms with Crippen molar-refractivity contribution in [2.45, 2.75) is 19.4 Å². The van der Waals surface area contributed by atoms with Crippen molar-refractivity contribution in [3.05, 3.63) is 29.8 Å². The molecule has 0 unspecified atom stereocenters. The van der Waals surface area contributed by atoms with Crippen LogP contribution in [0.1, 0.15) is 13.3 Å². The molecule has 1 atom stereocenters. The molecule has 16 heavy (non-hydrogen) atoms. The van der Waals surface area contributed by atoms with Crippen LogP contribution in [-0.4, -0.2) is 25.7 Å². The molecule has 1 N–H and O–H groups in total. The van der Waals surface area contributed by atoms with Gasteiger partial charge in [-0.15, -0.1) is 0 Å². The van der Waals surface area contributed by atoms with Crippen LogP contribution in [0.25, 0.3) is 0 Å². The topological polar surface area (TPSA) is 15.3 Å². The van der Waals surface area contributed by atoms with Gasteiger partial charge in [-0.2, -0.15) is 0 Å². The number of hydrogen-bond acceptors (Lipinski definition) is 2. The summed E-state index contributed by atoms with van der Waals surface area (Å²) in [7, 11) is 0. The van der Waals surface area contributed by atoms with Crippen LogP contribution in [-0.2, 0) is 0 Å². The molecule has 0 radical (unpaired) electrons. The van der Waals surface area contributed by atoms with E-state index in [1.54, 1.807) is 0 Å². The van der Waals surface area contributed by atoms with Gasteiger partial charge in [-0.3, -0.25) is 0 Å². The second-order valence-electron chi connectivity index (χ2n) is 4.23. The van der Waals surface area contributed by atoms with Gasteiger partial charge >= 0.3 is 0 Å². The van der Waals surface area contributed by atoms with E-state index in [0.29, 0.717) is 11.7 Å². The van der Waals surface area contributed by atoms with E-state index in [0.717, 1.165) is 32.1 Å². The Morgan fingerprint density at radius 1 is 1.31 bits per heavy atom. The minimum absolute atomic E-state index is 0.452. The molecule has 0 bridgehead atoms. The lowest BCUT2D eigenvalue weighted by Gasteiger charge is -2.22. The first-order chi connectivity index (χ1) is 7.66. The number of hydrogen-bond donors (Lipinski definition) is 1. The Balaban J connectivity index is 2.16. The lowest BCUT2D eigenvalue weighted by molar-refractivity contribution is 0.565. The average molecular weight is 226 g/mol. The summed E-state index contributed by atoms with van der Waals surface area (Å²) < 4.78 is 26.3. The molecule has 2 nitrogen and oxygen atoms in total. The molecule has 1 heterocycles. The van der Waals surface area contributed by atoms with Crippen LogP contribution in [0.5, 0.6) is 0 Å². The van der Waals surface area contributed by atoms with E-state index in [-0.39, 0.29) is 0 Å².